The highest BCUT2D eigenvalue weighted by Crippen LogP contribution is 2.18. The van der Waals surface area contributed by atoms with Gasteiger partial charge in [0.2, 0.25) is 0 Å². The van der Waals surface area contributed by atoms with Crippen LogP contribution in [0.3, 0.4) is 0 Å². The smallest absolute Gasteiger partial charge is 0.306 e. The summed E-state index contributed by atoms with van der Waals surface area (Å²) in [5.74, 6) is 0.000409. The van der Waals surface area contributed by atoms with E-state index >= 15 is 0 Å². The van der Waals surface area contributed by atoms with Crippen LogP contribution in [-0.2, 0) is 19.1 Å². The maximum absolute atomic E-state index is 12.7. The Hall–Kier alpha value is -1.14. The topological polar surface area (TPSA) is 81.9 Å². The number of hydrogen-bond acceptors (Lipinski definition) is 6. The molecular weight excluding hydrogens is 620 g/mol. The zero-order valence-electron chi connectivity index (χ0n) is 34.1. The van der Waals surface area contributed by atoms with Crippen LogP contribution in [0.2, 0.25) is 0 Å². The fraction of sp³-hybridized carbons (Fsp3) is 0.955. The number of carbonyl (C=O) groups is 2. The molecule has 0 bridgehead atoms. The summed E-state index contributed by atoms with van der Waals surface area (Å²) < 4.78 is 11.5. The van der Waals surface area contributed by atoms with Crippen molar-refractivity contribution in [3.63, 3.8) is 0 Å². The molecule has 0 aliphatic carbocycles. The van der Waals surface area contributed by atoms with E-state index in [9.17, 15) is 9.59 Å². The summed E-state index contributed by atoms with van der Waals surface area (Å²) in [6.45, 7) is 11.1. The minimum Gasteiger partial charge on any atom is -0.466 e. The molecule has 298 valence electrons. The van der Waals surface area contributed by atoms with Crippen LogP contribution < -0.4 is 5.73 Å². The van der Waals surface area contributed by atoms with E-state index in [4.69, 9.17) is 15.2 Å². The van der Waals surface area contributed by atoms with Crippen molar-refractivity contribution in [1.82, 2.24) is 4.90 Å². The van der Waals surface area contributed by atoms with Gasteiger partial charge in [-0.2, -0.15) is 0 Å². The second-order valence-electron chi connectivity index (χ2n) is 15.2. The van der Waals surface area contributed by atoms with Crippen molar-refractivity contribution in [2.45, 2.75) is 239 Å². The lowest BCUT2D eigenvalue weighted by molar-refractivity contribution is -0.150. The Balaban J connectivity index is 3.95. The SMILES string of the molecule is CCCCCCCCCCCC(=O)OCCCCCN(CCN)CCCCCCCC(=O)OC(CCCCCCCC)CCCCCCCC. The monoisotopic (exact) mass is 709 g/mol. The first-order valence-corrected chi connectivity index (χ1v) is 22.3. The molecule has 0 aliphatic heterocycles. The van der Waals surface area contributed by atoms with Crippen molar-refractivity contribution < 1.29 is 19.1 Å². The number of rotatable bonds is 41. The van der Waals surface area contributed by atoms with E-state index < -0.39 is 0 Å². The molecule has 2 N–H and O–H groups in total. The maximum Gasteiger partial charge on any atom is 0.306 e. The molecule has 0 amide bonds. The van der Waals surface area contributed by atoms with Gasteiger partial charge in [-0.25, -0.2) is 0 Å². The third-order valence-corrected chi connectivity index (χ3v) is 10.2. The Morgan fingerprint density at radius 1 is 0.460 bits per heavy atom. The van der Waals surface area contributed by atoms with Crippen LogP contribution in [0, 0.1) is 0 Å². The van der Waals surface area contributed by atoms with E-state index in [0.29, 0.717) is 26.0 Å². The third-order valence-electron chi connectivity index (χ3n) is 10.2. The van der Waals surface area contributed by atoms with Crippen molar-refractivity contribution >= 4 is 11.9 Å². The van der Waals surface area contributed by atoms with Gasteiger partial charge in [0.05, 0.1) is 6.61 Å². The molecule has 50 heavy (non-hydrogen) atoms. The van der Waals surface area contributed by atoms with Crippen LogP contribution >= 0.6 is 0 Å². The molecule has 0 saturated heterocycles. The van der Waals surface area contributed by atoms with Crippen molar-refractivity contribution in [2.24, 2.45) is 5.73 Å². The van der Waals surface area contributed by atoms with Crippen molar-refractivity contribution in [3.05, 3.63) is 0 Å². The van der Waals surface area contributed by atoms with Gasteiger partial charge >= 0.3 is 11.9 Å². The molecular formula is C44H88N2O4. The van der Waals surface area contributed by atoms with E-state index in [1.807, 2.05) is 0 Å². The largest absolute Gasteiger partial charge is 0.466 e. The lowest BCUT2D eigenvalue weighted by atomic mass is 10.0. The fourth-order valence-electron chi connectivity index (χ4n) is 6.92. The minimum absolute atomic E-state index is 0.0224. The van der Waals surface area contributed by atoms with Crippen LogP contribution in [0.25, 0.3) is 0 Å². The lowest BCUT2D eigenvalue weighted by Gasteiger charge is -2.21. The van der Waals surface area contributed by atoms with Gasteiger partial charge in [-0.3, -0.25) is 9.59 Å². The van der Waals surface area contributed by atoms with Gasteiger partial charge in [0.15, 0.2) is 0 Å². The van der Waals surface area contributed by atoms with Crippen LogP contribution in [0.1, 0.15) is 233 Å². The molecule has 6 heteroatoms. The normalized spacial score (nSPS) is 11.6. The van der Waals surface area contributed by atoms with Gasteiger partial charge in [0, 0.05) is 25.9 Å². The maximum atomic E-state index is 12.7. The third kappa shape index (κ3) is 36.6. The van der Waals surface area contributed by atoms with Crippen molar-refractivity contribution in [1.29, 1.82) is 0 Å². The number of ether oxygens (including phenoxy) is 2. The summed E-state index contributed by atoms with van der Waals surface area (Å²) in [6, 6.07) is 0. The predicted octanol–water partition coefficient (Wildman–Crippen LogP) is 12.6. The van der Waals surface area contributed by atoms with Crippen molar-refractivity contribution in [3.8, 4) is 0 Å². The highest BCUT2D eigenvalue weighted by molar-refractivity contribution is 5.69. The summed E-state index contributed by atoms with van der Waals surface area (Å²) in [4.78, 5) is 27.2. The molecule has 0 aliphatic rings. The summed E-state index contributed by atoms with van der Waals surface area (Å²) in [5.41, 5.74) is 5.90. The first-order chi connectivity index (χ1) is 24.6. The van der Waals surface area contributed by atoms with Crippen LogP contribution in [-0.4, -0.2) is 55.7 Å². The summed E-state index contributed by atoms with van der Waals surface area (Å²) in [6.07, 6.45) is 38.9. The molecule has 0 rings (SSSR count). The molecule has 0 atom stereocenters. The second kappa shape index (κ2) is 40.6. The summed E-state index contributed by atoms with van der Waals surface area (Å²) >= 11 is 0. The highest BCUT2D eigenvalue weighted by Gasteiger charge is 2.14. The molecule has 0 heterocycles. The van der Waals surface area contributed by atoms with E-state index in [-0.39, 0.29) is 18.0 Å². The van der Waals surface area contributed by atoms with Crippen LogP contribution in [0.15, 0.2) is 0 Å². The Bertz CT molecular complexity index is 688. The zero-order valence-corrected chi connectivity index (χ0v) is 34.1. The fourth-order valence-corrected chi connectivity index (χ4v) is 6.92. The second-order valence-corrected chi connectivity index (χ2v) is 15.2. The van der Waals surface area contributed by atoms with E-state index in [1.54, 1.807) is 0 Å². The number of hydrogen-bond donors (Lipinski definition) is 1. The van der Waals surface area contributed by atoms with Gasteiger partial charge in [0.25, 0.3) is 0 Å². The minimum atomic E-state index is -0.0224. The van der Waals surface area contributed by atoms with Gasteiger partial charge in [-0.15, -0.1) is 0 Å². The number of unbranched alkanes of at least 4 members (excludes halogenated alkanes) is 24. The van der Waals surface area contributed by atoms with E-state index in [2.05, 4.69) is 25.7 Å². The number of carbonyl (C=O) groups excluding carboxylic acids is 2. The highest BCUT2D eigenvalue weighted by atomic mass is 16.5. The Morgan fingerprint density at radius 3 is 1.30 bits per heavy atom. The number of nitrogens with two attached hydrogens (primary N) is 1. The predicted molar refractivity (Wildman–Crippen MR) is 216 cm³/mol. The first-order valence-electron chi connectivity index (χ1n) is 22.3. The summed E-state index contributed by atoms with van der Waals surface area (Å²) in [7, 11) is 0. The standard InChI is InChI=1S/C44H88N2O4/c1-4-7-10-13-16-17-18-22-28-35-43(47)49-41-32-25-31-39-46(40-37-45)38-30-24-19-23-29-36-44(48)50-42(33-26-20-14-11-8-5-2)34-27-21-15-12-9-6-3/h42H,4-41,45H2,1-3H3. The average Bonchev–Trinajstić information content (AvgIpc) is 3.11. The van der Waals surface area contributed by atoms with E-state index in [1.165, 1.54) is 141 Å². The van der Waals surface area contributed by atoms with Gasteiger partial charge in [-0.05, 0) is 77.3 Å². The quantitative estimate of drug-likeness (QED) is 0.0503. The molecule has 0 radical (unpaired) electrons. The number of esters is 2. The van der Waals surface area contributed by atoms with Gasteiger partial charge in [0.1, 0.15) is 6.10 Å². The van der Waals surface area contributed by atoms with Gasteiger partial charge in [-0.1, -0.05) is 156 Å². The zero-order chi connectivity index (χ0) is 36.6. The van der Waals surface area contributed by atoms with E-state index in [0.717, 1.165) is 77.4 Å². The molecule has 0 fully saturated rings. The Kier molecular flexibility index (Phi) is 39.7. The molecule has 0 aromatic rings. The van der Waals surface area contributed by atoms with Crippen LogP contribution in [0.4, 0.5) is 0 Å². The van der Waals surface area contributed by atoms with Crippen LogP contribution in [0.5, 0.6) is 0 Å². The van der Waals surface area contributed by atoms with Gasteiger partial charge < -0.3 is 20.1 Å². The Labute approximate surface area is 312 Å². The molecule has 0 unspecified atom stereocenters. The average molecular weight is 709 g/mol. The molecule has 0 spiro atoms. The molecule has 0 aromatic heterocycles. The molecule has 0 saturated carbocycles. The molecule has 0 aromatic carbocycles. The first kappa shape index (κ1) is 48.9. The van der Waals surface area contributed by atoms with Crippen molar-refractivity contribution in [2.75, 3.05) is 32.8 Å². The lowest BCUT2D eigenvalue weighted by Crippen LogP contribution is -2.31. The molecule has 6 nitrogen and oxygen atoms in total. The Morgan fingerprint density at radius 2 is 0.840 bits per heavy atom. The number of nitrogens with zero attached hydrogens (tertiary/aromatic N) is 1. The summed E-state index contributed by atoms with van der Waals surface area (Å²) in [5, 5.41) is 0.